The number of ketones is 4. The molecule has 4 aliphatic rings. The van der Waals surface area contributed by atoms with E-state index in [1.807, 2.05) is 6.07 Å². The van der Waals surface area contributed by atoms with Crippen LogP contribution < -0.4 is 0 Å². The van der Waals surface area contributed by atoms with E-state index < -0.39 is 34.8 Å². The zero-order valence-electron chi connectivity index (χ0n) is 24.6. The molecule has 0 unspecified atom stereocenters. The van der Waals surface area contributed by atoms with Gasteiger partial charge in [0.05, 0.1) is 20.7 Å². The smallest absolute Gasteiger partial charge is 0.197 e. The number of Topliss-reactive ketones (excluding diaryl/α,β-unsaturated/α-hetero) is 4. The number of carbonyl (C=O) groups is 4. The van der Waals surface area contributed by atoms with E-state index in [2.05, 4.69) is 6.07 Å². The van der Waals surface area contributed by atoms with E-state index in [1.165, 1.54) is 28.5 Å². The minimum Gasteiger partial charge on any atom is -0.288 e. The second kappa shape index (κ2) is 9.88. The Labute approximate surface area is 277 Å². The monoisotopic (exact) mass is 682 g/mol. The van der Waals surface area contributed by atoms with Gasteiger partial charge in [0.1, 0.15) is 5.82 Å². The standard InChI is InChI=1S/C37H21F3O4S3/c1-15-7-18-19(12-25(15)38)31(42)23(30(18)41)9-17-11-28-35(46-17)29-36(47-28)34-24(37(29)5-3-2-4-6-37)10-16(45-34)8-22-32(43)20-13-26(39)27(40)14-21(20)33(22)44/h7-14H,2-6H2,1H3/b23-9-. The van der Waals surface area contributed by atoms with Crippen molar-refractivity contribution in [2.24, 2.45) is 0 Å². The molecular weight excluding hydrogens is 662 g/mol. The van der Waals surface area contributed by atoms with Crippen LogP contribution in [0.2, 0.25) is 0 Å². The Balaban J connectivity index is 1.12. The highest BCUT2D eigenvalue weighted by atomic mass is 32.1. The fourth-order valence-electron chi connectivity index (χ4n) is 7.70. The molecule has 9 rings (SSSR count). The van der Waals surface area contributed by atoms with Crippen molar-refractivity contribution in [1.29, 1.82) is 0 Å². The Kier molecular flexibility index (Phi) is 6.08. The third-order valence-corrected chi connectivity index (χ3v) is 13.5. The molecule has 10 heteroatoms. The third kappa shape index (κ3) is 3.92. The highest BCUT2D eigenvalue weighted by Crippen LogP contribution is 2.63. The summed E-state index contributed by atoms with van der Waals surface area (Å²) in [6.45, 7) is 1.57. The number of rotatable bonds is 2. The van der Waals surface area contributed by atoms with Gasteiger partial charge in [-0.3, -0.25) is 19.2 Å². The summed E-state index contributed by atoms with van der Waals surface area (Å²) in [6, 6.07) is 8.25. The van der Waals surface area contributed by atoms with Crippen molar-refractivity contribution in [3.05, 3.63) is 114 Å². The average Bonchev–Trinajstić information content (AvgIpc) is 3.85. The quantitative estimate of drug-likeness (QED) is 0.137. The lowest BCUT2D eigenvalue weighted by molar-refractivity contribution is 0.0975. The molecule has 0 aliphatic heterocycles. The lowest BCUT2D eigenvalue weighted by Gasteiger charge is -2.35. The summed E-state index contributed by atoms with van der Waals surface area (Å²) in [5.74, 6) is -4.90. The Bertz CT molecular complexity index is 2330. The lowest BCUT2D eigenvalue weighted by atomic mass is 9.68. The molecule has 4 aliphatic carbocycles. The second-order valence-electron chi connectivity index (χ2n) is 12.6. The van der Waals surface area contributed by atoms with Crippen LogP contribution >= 0.6 is 34.0 Å². The third-order valence-electron chi connectivity index (χ3n) is 9.93. The minimum atomic E-state index is -1.16. The van der Waals surface area contributed by atoms with Crippen LogP contribution in [-0.4, -0.2) is 23.1 Å². The predicted octanol–water partition coefficient (Wildman–Crippen LogP) is 9.91. The first-order valence-corrected chi connectivity index (χ1v) is 17.6. The van der Waals surface area contributed by atoms with Crippen LogP contribution in [0, 0.1) is 24.4 Å². The summed E-state index contributed by atoms with van der Waals surface area (Å²) in [4.78, 5) is 56.3. The predicted molar refractivity (Wildman–Crippen MR) is 178 cm³/mol. The van der Waals surface area contributed by atoms with Crippen LogP contribution in [-0.2, 0) is 5.41 Å². The van der Waals surface area contributed by atoms with Gasteiger partial charge in [-0.1, -0.05) is 19.3 Å². The lowest BCUT2D eigenvalue weighted by Crippen LogP contribution is -2.27. The summed E-state index contributed by atoms with van der Waals surface area (Å²) >= 11 is 4.71. The molecule has 0 amide bonds. The Morgan fingerprint density at radius 1 is 0.617 bits per heavy atom. The SMILES string of the molecule is Cc1cc2c(cc1F)C(=O)/C(=C\c1cc3sc4c(c3s1)C1(CCCCC1)c1cc(C=C3C(=O)c5cc(F)c(F)cc5C3=O)sc1-4)C2=O. The van der Waals surface area contributed by atoms with Gasteiger partial charge in [-0.15, -0.1) is 34.0 Å². The Hall–Kier alpha value is -4.25. The zero-order valence-corrected chi connectivity index (χ0v) is 27.1. The largest absolute Gasteiger partial charge is 0.288 e. The highest BCUT2D eigenvalue weighted by molar-refractivity contribution is 7.32. The maximum Gasteiger partial charge on any atom is 0.197 e. The number of allylic oxidation sites excluding steroid dienone is 2. The van der Waals surface area contributed by atoms with Gasteiger partial charge in [-0.25, -0.2) is 13.2 Å². The first-order valence-electron chi connectivity index (χ1n) is 15.2. The molecule has 3 aromatic heterocycles. The first kappa shape index (κ1) is 28.9. The number of aryl methyl sites for hydroxylation is 1. The summed E-state index contributed by atoms with van der Waals surface area (Å²) in [5, 5.41) is 0. The molecule has 0 N–H and O–H groups in total. The first-order chi connectivity index (χ1) is 22.6. The average molecular weight is 683 g/mol. The molecule has 0 bridgehead atoms. The van der Waals surface area contributed by atoms with Crippen molar-refractivity contribution in [2.75, 3.05) is 0 Å². The van der Waals surface area contributed by atoms with Crippen molar-refractivity contribution in [2.45, 2.75) is 44.4 Å². The van der Waals surface area contributed by atoms with Crippen LogP contribution in [0.3, 0.4) is 0 Å². The molecule has 3 heterocycles. The van der Waals surface area contributed by atoms with Gasteiger partial charge in [0.15, 0.2) is 34.8 Å². The number of benzene rings is 2. The second-order valence-corrected chi connectivity index (χ2v) is 15.8. The van der Waals surface area contributed by atoms with Crippen LogP contribution in [0.15, 0.2) is 47.5 Å². The molecule has 232 valence electrons. The fourth-order valence-corrected chi connectivity index (χ4v) is 11.8. The van der Waals surface area contributed by atoms with Crippen LogP contribution in [0.1, 0.15) is 100.0 Å². The number of hydrogen-bond donors (Lipinski definition) is 0. The Morgan fingerprint density at radius 3 is 1.74 bits per heavy atom. The van der Waals surface area contributed by atoms with Crippen molar-refractivity contribution in [3.8, 4) is 9.75 Å². The summed E-state index contributed by atoms with van der Waals surface area (Å²) in [7, 11) is 0. The molecule has 1 spiro atoms. The molecule has 0 atom stereocenters. The van der Waals surface area contributed by atoms with E-state index in [4.69, 9.17) is 0 Å². The molecule has 4 nitrogen and oxygen atoms in total. The molecule has 2 aromatic carbocycles. The molecule has 0 saturated heterocycles. The summed E-state index contributed by atoms with van der Waals surface area (Å²) in [5.41, 5.74) is 2.57. The Morgan fingerprint density at radius 2 is 1.15 bits per heavy atom. The van der Waals surface area contributed by atoms with Crippen LogP contribution in [0.5, 0.6) is 0 Å². The maximum absolute atomic E-state index is 14.2. The topological polar surface area (TPSA) is 68.3 Å². The van der Waals surface area contributed by atoms with E-state index in [0.717, 1.165) is 79.2 Å². The summed E-state index contributed by atoms with van der Waals surface area (Å²) < 4.78 is 44.2. The molecule has 1 fully saturated rings. The van der Waals surface area contributed by atoms with E-state index >= 15 is 0 Å². The molecular formula is C37H21F3O4S3. The van der Waals surface area contributed by atoms with Crippen molar-refractivity contribution in [3.63, 3.8) is 0 Å². The van der Waals surface area contributed by atoms with Crippen LogP contribution in [0.25, 0.3) is 31.3 Å². The number of halogens is 3. The molecule has 47 heavy (non-hydrogen) atoms. The minimum absolute atomic E-state index is 0.0448. The fraction of sp³-hybridized carbons (Fsp3) is 0.189. The van der Waals surface area contributed by atoms with Gasteiger partial charge in [-0.05, 0) is 79.4 Å². The van der Waals surface area contributed by atoms with Crippen molar-refractivity contribution in [1.82, 2.24) is 0 Å². The van der Waals surface area contributed by atoms with E-state index in [-0.39, 0.29) is 44.6 Å². The van der Waals surface area contributed by atoms with E-state index in [1.54, 1.807) is 41.7 Å². The highest BCUT2D eigenvalue weighted by Gasteiger charge is 2.48. The van der Waals surface area contributed by atoms with E-state index in [9.17, 15) is 32.3 Å². The zero-order chi connectivity index (χ0) is 32.5. The summed E-state index contributed by atoms with van der Waals surface area (Å²) in [6.07, 6.45) is 8.30. The van der Waals surface area contributed by atoms with Gasteiger partial charge >= 0.3 is 0 Å². The van der Waals surface area contributed by atoms with Crippen molar-refractivity contribution < 1.29 is 32.3 Å². The number of hydrogen-bond acceptors (Lipinski definition) is 7. The van der Waals surface area contributed by atoms with Gasteiger partial charge < -0.3 is 0 Å². The van der Waals surface area contributed by atoms with Crippen LogP contribution in [0.4, 0.5) is 13.2 Å². The number of fused-ring (bicyclic) bond motifs is 9. The van der Waals surface area contributed by atoms with Crippen molar-refractivity contribution >= 4 is 78.7 Å². The number of thiophene rings is 3. The molecule has 1 saturated carbocycles. The van der Waals surface area contributed by atoms with Gasteiger partial charge in [0.25, 0.3) is 0 Å². The molecule has 0 radical (unpaired) electrons. The van der Waals surface area contributed by atoms with Gasteiger partial charge in [0, 0.05) is 52.6 Å². The number of carbonyl (C=O) groups excluding carboxylic acids is 4. The normalized spacial score (nSPS) is 18.6. The maximum atomic E-state index is 14.2. The molecule has 5 aromatic rings. The van der Waals surface area contributed by atoms with Gasteiger partial charge in [0.2, 0.25) is 0 Å². The van der Waals surface area contributed by atoms with E-state index in [0.29, 0.717) is 5.56 Å². The van der Waals surface area contributed by atoms with Gasteiger partial charge in [-0.2, -0.15) is 0 Å².